The second kappa shape index (κ2) is 3.61. The molecule has 1 heterocycles. The SMILES string of the molecule is N#CC1(c2ccc(C3CCNC3)cc2)CC1. The van der Waals surface area contributed by atoms with Crippen LogP contribution in [0, 0.1) is 11.3 Å². The second-order valence-electron chi connectivity index (χ2n) is 5.01. The highest BCUT2D eigenvalue weighted by molar-refractivity contribution is 5.40. The number of nitrogens with one attached hydrogen (secondary N) is 1. The first-order valence-electron chi connectivity index (χ1n) is 6.06. The topological polar surface area (TPSA) is 35.8 Å². The smallest absolute Gasteiger partial charge is 0.0823 e. The molecule has 1 N–H and O–H groups in total. The van der Waals surface area contributed by atoms with Crippen molar-refractivity contribution in [2.75, 3.05) is 13.1 Å². The van der Waals surface area contributed by atoms with E-state index in [9.17, 15) is 0 Å². The number of hydrogen-bond acceptors (Lipinski definition) is 2. The molecule has 1 saturated carbocycles. The van der Waals surface area contributed by atoms with Crippen molar-refractivity contribution in [1.82, 2.24) is 5.32 Å². The molecular weight excluding hydrogens is 196 g/mol. The molecule has 16 heavy (non-hydrogen) atoms. The van der Waals surface area contributed by atoms with E-state index in [4.69, 9.17) is 5.26 Å². The Hall–Kier alpha value is -1.33. The second-order valence-corrected chi connectivity index (χ2v) is 5.01. The zero-order valence-electron chi connectivity index (χ0n) is 9.37. The Kier molecular flexibility index (Phi) is 2.22. The molecule has 3 rings (SSSR count). The molecule has 1 unspecified atom stereocenters. The molecule has 0 bridgehead atoms. The van der Waals surface area contributed by atoms with Crippen molar-refractivity contribution in [2.45, 2.75) is 30.6 Å². The van der Waals surface area contributed by atoms with Crippen molar-refractivity contribution in [3.8, 4) is 6.07 Å². The number of nitrogens with zero attached hydrogens (tertiary/aromatic N) is 1. The lowest BCUT2D eigenvalue weighted by molar-refractivity contribution is 0.761. The van der Waals surface area contributed by atoms with Gasteiger partial charge in [0.25, 0.3) is 0 Å². The Morgan fingerprint density at radius 3 is 2.50 bits per heavy atom. The zero-order chi connectivity index (χ0) is 11.0. The highest BCUT2D eigenvalue weighted by Gasteiger charge is 2.44. The van der Waals surface area contributed by atoms with E-state index in [0.29, 0.717) is 5.92 Å². The van der Waals surface area contributed by atoms with Crippen LogP contribution in [0.1, 0.15) is 36.3 Å². The third-order valence-electron chi connectivity index (χ3n) is 3.96. The van der Waals surface area contributed by atoms with Crippen molar-refractivity contribution < 1.29 is 0 Å². The largest absolute Gasteiger partial charge is 0.316 e. The van der Waals surface area contributed by atoms with E-state index in [2.05, 4.69) is 35.7 Å². The fourth-order valence-corrected chi connectivity index (χ4v) is 2.60. The van der Waals surface area contributed by atoms with Gasteiger partial charge in [-0.1, -0.05) is 24.3 Å². The number of nitriles is 1. The van der Waals surface area contributed by atoms with Gasteiger partial charge in [-0.3, -0.25) is 0 Å². The highest BCUT2D eigenvalue weighted by Crippen LogP contribution is 2.47. The van der Waals surface area contributed by atoms with Crippen molar-refractivity contribution in [2.24, 2.45) is 0 Å². The minimum absolute atomic E-state index is 0.132. The van der Waals surface area contributed by atoms with Gasteiger partial charge in [0.15, 0.2) is 0 Å². The molecule has 2 aliphatic rings. The van der Waals surface area contributed by atoms with E-state index in [0.717, 1.165) is 25.9 Å². The minimum atomic E-state index is -0.132. The van der Waals surface area contributed by atoms with Crippen LogP contribution in [0.2, 0.25) is 0 Å². The average Bonchev–Trinajstić information content (AvgIpc) is 2.96. The molecular formula is C14H16N2. The van der Waals surface area contributed by atoms with E-state index in [1.54, 1.807) is 0 Å². The van der Waals surface area contributed by atoms with Gasteiger partial charge in [0.05, 0.1) is 11.5 Å². The normalized spacial score (nSPS) is 26.3. The van der Waals surface area contributed by atoms with Crippen LogP contribution in [0.4, 0.5) is 0 Å². The van der Waals surface area contributed by atoms with Crippen molar-refractivity contribution in [1.29, 1.82) is 5.26 Å². The number of benzene rings is 1. The van der Waals surface area contributed by atoms with Gasteiger partial charge in [0, 0.05) is 6.54 Å². The Morgan fingerprint density at radius 1 is 1.25 bits per heavy atom. The molecule has 1 saturated heterocycles. The Bertz CT molecular complexity index is 417. The maximum Gasteiger partial charge on any atom is 0.0823 e. The summed E-state index contributed by atoms with van der Waals surface area (Å²) in [5.41, 5.74) is 2.50. The molecule has 2 nitrogen and oxygen atoms in total. The van der Waals surface area contributed by atoms with Gasteiger partial charge in [-0.15, -0.1) is 0 Å². The summed E-state index contributed by atoms with van der Waals surface area (Å²) in [5.74, 6) is 0.672. The predicted octanol–water partition coefficient (Wildman–Crippen LogP) is 2.32. The number of hydrogen-bond donors (Lipinski definition) is 1. The summed E-state index contributed by atoms with van der Waals surface area (Å²) in [6, 6.07) is 11.2. The lowest BCUT2D eigenvalue weighted by Crippen LogP contribution is -2.08. The lowest BCUT2D eigenvalue weighted by Gasteiger charge is -2.11. The Balaban J connectivity index is 1.83. The first-order valence-corrected chi connectivity index (χ1v) is 6.06. The summed E-state index contributed by atoms with van der Waals surface area (Å²) in [5, 5.41) is 12.5. The van der Waals surface area contributed by atoms with Crippen LogP contribution in [-0.4, -0.2) is 13.1 Å². The van der Waals surface area contributed by atoms with Crippen molar-refractivity contribution in [3.63, 3.8) is 0 Å². The summed E-state index contributed by atoms with van der Waals surface area (Å²) in [4.78, 5) is 0. The van der Waals surface area contributed by atoms with Crippen molar-refractivity contribution >= 4 is 0 Å². The molecule has 1 aromatic rings. The monoisotopic (exact) mass is 212 g/mol. The van der Waals surface area contributed by atoms with Crippen LogP contribution in [-0.2, 0) is 5.41 Å². The van der Waals surface area contributed by atoms with Gasteiger partial charge in [-0.2, -0.15) is 5.26 Å². The quantitative estimate of drug-likeness (QED) is 0.816. The molecule has 1 atom stereocenters. The van der Waals surface area contributed by atoms with Crippen LogP contribution in [0.3, 0.4) is 0 Å². The summed E-state index contributed by atoms with van der Waals surface area (Å²) < 4.78 is 0. The number of rotatable bonds is 2. The van der Waals surface area contributed by atoms with Gasteiger partial charge < -0.3 is 5.32 Å². The first kappa shape index (κ1) is 9.86. The predicted molar refractivity (Wildman–Crippen MR) is 63.2 cm³/mol. The molecule has 0 aromatic heterocycles. The van der Waals surface area contributed by atoms with Crippen LogP contribution in [0.5, 0.6) is 0 Å². The third-order valence-corrected chi connectivity index (χ3v) is 3.96. The molecule has 1 aliphatic heterocycles. The molecule has 0 radical (unpaired) electrons. The molecule has 82 valence electrons. The van der Waals surface area contributed by atoms with E-state index in [1.807, 2.05) is 0 Å². The van der Waals surface area contributed by atoms with Gasteiger partial charge >= 0.3 is 0 Å². The summed E-state index contributed by atoms with van der Waals surface area (Å²) in [6.45, 7) is 2.23. The average molecular weight is 212 g/mol. The van der Waals surface area contributed by atoms with E-state index in [-0.39, 0.29) is 5.41 Å². The first-order chi connectivity index (χ1) is 7.84. The van der Waals surface area contributed by atoms with Crippen LogP contribution < -0.4 is 5.32 Å². The van der Waals surface area contributed by atoms with E-state index in [1.165, 1.54) is 17.5 Å². The fraction of sp³-hybridized carbons (Fsp3) is 0.500. The maximum absolute atomic E-state index is 9.13. The molecule has 0 spiro atoms. The van der Waals surface area contributed by atoms with Gasteiger partial charge in [0.1, 0.15) is 0 Å². The molecule has 2 heteroatoms. The summed E-state index contributed by atoms with van der Waals surface area (Å²) in [7, 11) is 0. The summed E-state index contributed by atoms with van der Waals surface area (Å²) >= 11 is 0. The maximum atomic E-state index is 9.13. The third kappa shape index (κ3) is 1.52. The Labute approximate surface area is 96.3 Å². The molecule has 0 amide bonds. The minimum Gasteiger partial charge on any atom is -0.316 e. The zero-order valence-corrected chi connectivity index (χ0v) is 9.37. The van der Waals surface area contributed by atoms with Crippen LogP contribution in [0.15, 0.2) is 24.3 Å². The van der Waals surface area contributed by atoms with E-state index < -0.39 is 0 Å². The standard InChI is InChI=1S/C14H16N2/c15-10-14(6-7-14)13-3-1-11(2-4-13)12-5-8-16-9-12/h1-4,12,16H,5-9H2. The van der Waals surface area contributed by atoms with Gasteiger partial charge in [0.2, 0.25) is 0 Å². The highest BCUT2D eigenvalue weighted by atomic mass is 14.9. The molecule has 1 aliphatic carbocycles. The Morgan fingerprint density at radius 2 is 2.00 bits per heavy atom. The van der Waals surface area contributed by atoms with Crippen LogP contribution >= 0.6 is 0 Å². The fourth-order valence-electron chi connectivity index (χ4n) is 2.60. The van der Waals surface area contributed by atoms with Crippen LogP contribution in [0.25, 0.3) is 0 Å². The lowest BCUT2D eigenvalue weighted by atomic mass is 9.92. The van der Waals surface area contributed by atoms with Crippen molar-refractivity contribution in [3.05, 3.63) is 35.4 Å². The molecule has 2 fully saturated rings. The van der Waals surface area contributed by atoms with E-state index >= 15 is 0 Å². The van der Waals surface area contributed by atoms with Gasteiger partial charge in [-0.05, 0) is 42.9 Å². The molecule has 1 aromatic carbocycles. The van der Waals surface area contributed by atoms with Gasteiger partial charge in [-0.25, -0.2) is 0 Å². The summed E-state index contributed by atoms with van der Waals surface area (Å²) in [6.07, 6.45) is 3.31.